The van der Waals surface area contributed by atoms with E-state index in [1.54, 1.807) is 18.5 Å². The number of aromatic nitrogens is 2. The summed E-state index contributed by atoms with van der Waals surface area (Å²) in [7, 11) is 3.69. The number of rotatable bonds is 7. The quantitative estimate of drug-likeness (QED) is 0.334. The standard InChI is InChI=1S/C23H21FN4O4/c1-28(2)10-11-31-23(30)19-20(29)18(12-14-13-26-21-17(14)4-3-9-25-21)32-22(19)27-16-7-5-15(24)6-8-16/h3-9,12-13,27H,10-11H2,1-2H3,(H,25,26)/b18-12-. The van der Waals surface area contributed by atoms with Gasteiger partial charge in [-0.15, -0.1) is 0 Å². The summed E-state index contributed by atoms with van der Waals surface area (Å²) in [5, 5.41) is 3.67. The molecule has 4 rings (SSSR count). The van der Waals surface area contributed by atoms with Gasteiger partial charge in [-0.25, -0.2) is 14.2 Å². The van der Waals surface area contributed by atoms with Gasteiger partial charge in [0.2, 0.25) is 11.7 Å². The third-order valence-corrected chi connectivity index (χ3v) is 4.74. The third kappa shape index (κ3) is 4.52. The maximum atomic E-state index is 13.3. The first-order valence-corrected chi connectivity index (χ1v) is 9.87. The van der Waals surface area contributed by atoms with Crippen LogP contribution in [0.3, 0.4) is 0 Å². The van der Waals surface area contributed by atoms with Crippen LogP contribution in [0.2, 0.25) is 0 Å². The fourth-order valence-corrected chi connectivity index (χ4v) is 3.10. The van der Waals surface area contributed by atoms with Crippen molar-refractivity contribution in [1.82, 2.24) is 14.9 Å². The van der Waals surface area contributed by atoms with E-state index < -0.39 is 17.6 Å². The van der Waals surface area contributed by atoms with Crippen molar-refractivity contribution in [3.63, 3.8) is 0 Å². The molecular weight excluding hydrogens is 415 g/mol. The van der Waals surface area contributed by atoms with E-state index in [0.717, 1.165) is 5.39 Å². The largest absolute Gasteiger partial charge is 0.460 e. The molecule has 0 spiro atoms. The number of pyridine rings is 1. The number of aromatic amines is 1. The molecular formula is C23H21FN4O4. The minimum atomic E-state index is -0.801. The number of nitrogens with one attached hydrogen (secondary N) is 2. The average Bonchev–Trinajstić information content (AvgIpc) is 3.31. The molecule has 0 bridgehead atoms. The number of hydrogen-bond acceptors (Lipinski definition) is 7. The highest BCUT2D eigenvalue weighted by Crippen LogP contribution is 2.30. The van der Waals surface area contributed by atoms with E-state index >= 15 is 0 Å². The topological polar surface area (TPSA) is 96.6 Å². The molecule has 0 saturated heterocycles. The van der Waals surface area contributed by atoms with Gasteiger partial charge in [0, 0.05) is 35.6 Å². The first kappa shape index (κ1) is 21.3. The lowest BCUT2D eigenvalue weighted by atomic mass is 10.1. The Labute approximate surface area is 183 Å². The molecule has 2 N–H and O–H groups in total. The van der Waals surface area contributed by atoms with Gasteiger partial charge in [0.1, 0.15) is 18.1 Å². The first-order chi connectivity index (χ1) is 15.4. The Bertz CT molecular complexity index is 1230. The summed E-state index contributed by atoms with van der Waals surface area (Å²) in [6, 6.07) is 9.08. The van der Waals surface area contributed by atoms with Crippen molar-refractivity contribution >= 4 is 34.5 Å². The fraction of sp³-hybridized carbons (Fsp3) is 0.174. The highest BCUT2D eigenvalue weighted by molar-refractivity contribution is 6.26. The fourth-order valence-electron chi connectivity index (χ4n) is 3.10. The van der Waals surface area contributed by atoms with Gasteiger partial charge in [-0.05, 0) is 56.6 Å². The molecule has 0 aliphatic carbocycles. The number of carbonyl (C=O) groups excluding carboxylic acids is 2. The van der Waals surface area contributed by atoms with E-state index in [9.17, 15) is 14.0 Å². The summed E-state index contributed by atoms with van der Waals surface area (Å²) in [6.07, 6.45) is 4.89. The van der Waals surface area contributed by atoms with Crippen LogP contribution in [0.25, 0.3) is 17.1 Å². The summed E-state index contributed by atoms with van der Waals surface area (Å²) in [5.74, 6) is -1.93. The Kier molecular flexibility index (Phi) is 6.00. The number of ketones is 1. The van der Waals surface area contributed by atoms with E-state index in [-0.39, 0.29) is 23.8 Å². The molecule has 0 fully saturated rings. The third-order valence-electron chi connectivity index (χ3n) is 4.74. The molecule has 32 heavy (non-hydrogen) atoms. The predicted molar refractivity (Wildman–Crippen MR) is 117 cm³/mol. The lowest BCUT2D eigenvalue weighted by molar-refractivity contribution is -0.140. The zero-order valence-corrected chi connectivity index (χ0v) is 17.5. The van der Waals surface area contributed by atoms with Crippen molar-refractivity contribution in [2.75, 3.05) is 32.6 Å². The summed E-state index contributed by atoms with van der Waals surface area (Å²) in [6.45, 7) is 0.611. The van der Waals surface area contributed by atoms with E-state index in [2.05, 4.69) is 15.3 Å². The second-order valence-electron chi connectivity index (χ2n) is 7.36. The Morgan fingerprint density at radius 2 is 2.06 bits per heavy atom. The van der Waals surface area contributed by atoms with Gasteiger partial charge in [0.05, 0.1) is 0 Å². The van der Waals surface area contributed by atoms with Crippen molar-refractivity contribution in [1.29, 1.82) is 0 Å². The number of ether oxygens (including phenoxy) is 2. The van der Waals surface area contributed by atoms with E-state index in [0.29, 0.717) is 23.4 Å². The zero-order valence-electron chi connectivity index (χ0n) is 17.5. The van der Waals surface area contributed by atoms with Crippen molar-refractivity contribution in [2.45, 2.75) is 0 Å². The minimum absolute atomic E-state index is 0.0427. The Balaban J connectivity index is 1.64. The smallest absolute Gasteiger partial charge is 0.347 e. The zero-order chi connectivity index (χ0) is 22.7. The van der Waals surface area contributed by atoms with Crippen LogP contribution in [0, 0.1) is 5.82 Å². The molecule has 164 valence electrons. The number of likely N-dealkylation sites (N-methyl/N-ethyl adjacent to an activating group) is 1. The number of halogens is 1. The van der Waals surface area contributed by atoms with Gasteiger partial charge in [-0.2, -0.15) is 0 Å². The van der Waals surface area contributed by atoms with Gasteiger partial charge in [0.15, 0.2) is 11.3 Å². The molecule has 0 amide bonds. The molecule has 1 aliphatic heterocycles. The molecule has 8 nitrogen and oxygen atoms in total. The van der Waals surface area contributed by atoms with E-state index in [1.165, 1.54) is 30.3 Å². The molecule has 9 heteroatoms. The Morgan fingerprint density at radius 3 is 2.81 bits per heavy atom. The number of anilines is 1. The number of esters is 1. The molecule has 3 heterocycles. The van der Waals surface area contributed by atoms with E-state index in [1.807, 2.05) is 25.1 Å². The molecule has 2 aromatic heterocycles. The van der Waals surface area contributed by atoms with Crippen LogP contribution >= 0.6 is 0 Å². The summed E-state index contributed by atoms with van der Waals surface area (Å²) < 4.78 is 24.3. The van der Waals surface area contributed by atoms with Crippen LogP contribution in [0.15, 0.2) is 66.0 Å². The predicted octanol–water partition coefficient (Wildman–Crippen LogP) is 3.07. The van der Waals surface area contributed by atoms with Gasteiger partial charge >= 0.3 is 5.97 Å². The number of hydrogen-bond donors (Lipinski definition) is 2. The number of nitrogens with zero attached hydrogens (tertiary/aromatic N) is 2. The summed E-state index contributed by atoms with van der Waals surface area (Å²) in [5.41, 5.74) is 1.54. The van der Waals surface area contributed by atoms with Gasteiger partial charge < -0.3 is 24.7 Å². The van der Waals surface area contributed by atoms with Crippen LogP contribution < -0.4 is 5.32 Å². The lowest BCUT2D eigenvalue weighted by Crippen LogP contribution is -2.22. The normalized spacial score (nSPS) is 15.0. The Morgan fingerprint density at radius 1 is 1.28 bits per heavy atom. The molecule has 1 aliphatic rings. The SMILES string of the molecule is CN(C)CCOC(=O)C1=C(Nc2ccc(F)cc2)O/C(=C\c2c[nH]c3ncccc23)C1=O. The van der Waals surface area contributed by atoms with Crippen LogP contribution in [-0.4, -0.2) is 53.9 Å². The van der Waals surface area contributed by atoms with Crippen molar-refractivity contribution in [3.05, 3.63) is 77.4 Å². The van der Waals surface area contributed by atoms with Crippen LogP contribution in [-0.2, 0) is 19.1 Å². The number of H-pyrrole nitrogens is 1. The van der Waals surface area contributed by atoms with E-state index in [4.69, 9.17) is 9.47 Å². The van der Waals surface area contributed by atoms with Crippen molar-refractivity contribution < 1.29 is 23.5 Å². The van der Waals surface area contributed by atoms with Crippen LogP contribution in [0.4, 0.5) is 10.1 Å². The van der Waals surface area contributed by atoms with Gasteiger partial charge in [0.25, 0.3) is 0 Å². The Hall–Kier alpha value is -3.98. The number of Topliss-reactive ketones (excluding diaryl/α,β-unsaturated/α-hetero) is 1. The summed E-state index contributed by atoms with van der Waals surface area (Å²) >= 11 is 0. The van der Waals surface area contributed by atoms with Gasteiger partial charge in [-0.1, -0.05) is 0 Å². The second kappa shape index (κ2) is 9.03. The van der Waals surface area contributed by atoms with Crippen LogP contribution in [0.5, 0.6) is 0 Å². The second-order valence-corrected chi connectivity index (χ2v) is 7.36. The highest BCUT2D eigenvalue weighted by atomic mass is 19.1. The van der Waals surface area contributed by atoms with Gasteiger partial charge in [-0.3, -0.25) is 4.79 Å². The maximum absolute atomic E-state index is 13.3. The van der Waals surface area contributed by atoms with Crippen molar-refractivity contribution in [2.24, 2.45) is 0 Å². The first-order valence-electron chi connectivity index (χ1n) is 9.87. The molecule has 1 aromatic carbocycles. The summed E-state index contributed by atoms with van der Waals surface area (Å²) in [4.78, 5) is 34.9. The maximum Gasteiger partial charge on any atom is 0.347 e. The minimum Gasteiger partial charge on any atom is -0.460 e. The molecule has 3 aromatic rings. The number of allylic oxidation sites excluding steroid dienone is 1. The molecule has 0 atom stereocenters. The monoisotopic (exact) mass is 436 g/mol. The molecule has 0 unspecified atom stereocenters. The number of fused-ring (bicyclic) bond motifs is 1. The van der Waals surface area contributed by atoms with Crippen LogP contribution in [0.1, 0.15) is 5.56 Å². The number of benzene rings is 1. The number of carbonyl (C=O) groups is 2. The van der Waals surface area contributed by atoms with Crippen molar-refractivity contribution in [3.8, 4) is 0 Å². The highest BCUT2D eigenvalue weighted by Gasteiger charge is 2.37. The lowest BCUT2D eigenvalue weighted by Gasteiger charge is -2.11. The average molecular weight is 436 g/mol. The molecule has 0 saturated carbocycles. The molecule has 0 radical (unpaired) electrons.